The largest absolute Gasteiger partial charge is 0.489 e. The van der Waals surface area contributed by atoms with Gasteiger partial charge in [0.25, 0.3) is 0 Å². The van der Waals surface area contributed by atoms with Crippen LogP contribution in [0.1, 0.15) is 6.42 Å². The molecule has 1 amide bonds. The summed E-state index contributed by atoms with van der Waals surface area (Å²) in [4.78, 5) is 26.5. The lowest BCUT2D eigenvalue weighted by atomic mass is 10.3. The number of likely N-dealkylation sites (tertiary alicyclic amines) is 1. The Morgan fingerprint density at radius 2 is 1.96 bits per heavy atom. The molecule has 2 aromatic heterocycles. The standard InChI is InChI=1S/C18H18N4O3/c23-17(13-22-18(24)21-10-5-4-8-16(21)19-22)20-11-9-15(12-20)25-14-6-2-1-3-7-14/h1-8,10,15H,9,11-13H2. The molecule has 7 heteroatoms. The number of amides is 1. The third kappa shape index (κ3) is 3.13. The molecule has 1 fully saturated rings. The number of carbonyl (C=O) groups excluding carboxylic acids is 1. The molecule has 4 rings (SSSR count). The predicted octanol–water partition coefficient (Wildman–Crippen LogP) is 1.18. The number of rotatable bonds is 4. The minimum atomic E-state index is -0.305. The number of ether oxygens (including phenoxy) is 1. The lowest BCUT2D eigenvalue weighted by molar-refractivity contribution is -0.131. The molecule has 1 unspecified atom stereocenters. The molecule has 0 N–H and O–H groups in total. The van der Waals surface area contributed by atoms with E-state index in [1.807, 2.05) is 30.3 Å². The van der Waals surface area contributed by atoms with E-state index in [0.717, 1.165) is 12.2 Å². The summed E-state index contributed by atoms with van der Waals surface area (Å²) in [7, 11) is 0. The first kappa shape index (κ1) is 15.4. The molecule has 0 aliphatic carbocycles. The lowest BCUT2D eigenvalue weighted by Crippen LogP contribution is -2.36. The summed E-state index contributed by atoms with van der Waals surface area (Å²) in [6.07, 6.45) is 2.40. The van der Waals surface area contributed by atoms with Gasteiger partial charge in [-0.15, -0.1) is 5.10 Å². The first-order valence-electron chi connectivity index (χ1n) is 8.24. The molecule has 1 aliphatic heterocycles. The Morgan fingerprint density at radius 1 is 1.16 bits per heavy atom. The molecule has 1 aliphatic rings. The van der Waals surface area contributed by atoms with Gasteiger partial charge in [0.15, 0.2) is 5.65 Å². The van der Waals surface area contributed by atoms with Crippen molar-refractivity contribution in [3.8, 4) is 5.75 Å². The zero-order valence-corrected chi connectivity index (χ0v) is 13.6. The molecule has 0 radical (unpaired) electrons. The number of carbonyl (C=O) groups is 1. The van der Waals surface area contributed by atoms with Gasteiger partial charge in [0.1, 0.15) is 18.4 Å². The Labute approximate surface area is 144 Å². The van der Waals surface area contributed by atoms with Gasteiger partial charge in [-0.25, -0.2) is 9.48 Å². The second kappa shape index (κ2) is 6.43. The van der Waals surface area contributed by atoms with E-state index in [0.29, 0.717) is 18.7 Å². The van der Waals surface area contributed by atoms with Crippen molar-refractivity contribution >= 4 is 11.6 Å². The van der Waals surface area contributed by atoms with Gasteiger partial charge in [-0.2, -0.15) is 0 Å². The number of fused-ring (bicyclic) bond motifs is 1. The Balaban J connectivity index is 1.41. The SMILES string of the molecule is O=C(Cn1nc2ccccn2c1=O)N1CCC(Oc2ccccc2)C1. The predicted molar refractivity (Wildman–Crippen MR) is 91.5 cm³/mol. The summed E-state index contributed by atoms with van der Waals surface area (Å²) in [5, 5.41) is 4.20. The molecular formula is C18H18N4O3. The number of para-hydroxylation sites is 1. The van der Waals surface area contributed by atoms with Crippen LogP contribution in [0.5, 0.6) is 5.75 Å². The number of nitrogens with zero attached hydrogens (tertiary/aromatic N) is 4. The number of benzene rings is 1. The van der Waals surface area contributed by atoms with E-state index in [1.54, 1.807) is 29.3 Å². The van der Waals surface area contributed by atoms with Crippen LogP contribution >= 0.6 is 0 Å². The Kier molecular flexibility index (Phi) is 3.97. The van der Waals surface area contributed by atoms with Crippen molar-refractivity contribution in [3.63, 3.8) is 0 Å². The third-order valence-electron chi connectivity index (χ3n) is 4.32. The molecule has 25 heavy (non-hydrogen) atoms. The van der Waals surface area contributed by atoms with Crippen molar-refractivity contribution in [2.45, 2.75) is 19.1 Å². The molecule has 0 bridgehead atoms. The molecule has 3 aromatic rings. The average molecular weight is 338 g/mol. The summed E-state index contributed by atoms with van der Waals surface area (Å²) >= 11 is 0. The van der Waals surface area contributed by atoms with Gasteiger partial charge in [0.05, 0.1) is 6.54 Å². The molecule has 7 nitrogen and oxygen atoms in total. The highest BCUT2D eigenvalue weighted by atomic mass is 16.5. The van der Waals surface area contributed by atoms with Crippen molar-refractivity contribution in [1.29, 1.82) is 0 Å². The lowest BCUT2D eigenvalue weighted by Gasteiger charge is -2.17. The second-order valence-corrected chi connectivity index (χ2v) is 6.05. The Bertz CT molecular complexity index is 948. The zero-order valence-electron chi connectivity index (χ0n) is 13.6. The third-order valence-corrected chi connectivity index (χ3v) is 4.32. The number of aromatic nitrogens is 3. The van der Waals surface area contributed by atoms with Crippen LogP contribution < -0.4 is 10.4 Å². The van der Waals surface area contributed by atoms with Crippen LogP contribution in [0.3, 0.4) is 0 Å². The summed E-state index contributed by atoms with van der Waals surface area (Å²) in [5.74, 6) is 0.683. The molecule has 1 aromatic carbocycles. The van der Waals surface area contributed by atoms with E-state index in [2.05, 4.69) is 5.10 Å². The van der Waals surface area contributed by atoms with E-state index in [4.69, 9.17) is 4.74 Å². The van der Waals surface area contributed by atoms with Gasteiger partial charge >= 0.3 is 5.69 Å². The highest BCUT2D eigenvalue weighted by molar-refractivity contribution is 5.76. The summed E-state index contributed by atoms with van der Waals surface area (Å²) in [5.41, 5.74) is 0.229. The van der Waals surface area contributed by atoms with Gasteiger partial charge in [0.2, 0.25) is 5.91 Å². The minimum Gasteiger partial charge on any atom is -0.489 e. The molecule has 128 valence electrons. The van der Waals surface area contributed by atoms with E-state index < -0.39 is 0 Å². The molecule has 1 saturated heterocycles. The molecular weight excluding hydrogens is 320 g/mol. The normalized spacial score (nSPS) is 17.1. The van der Waals surface area contributed by atoms with E-state index >= 15 is 0 Å². The van der Waals surface area contributed by atoms with Crippen molar-refractivity contribution < 1.29 is 9.53 Å². The number of pyridine rings is 1. The monoisotopic (exact) mass is 338 g/mol. The van der Waals surface area contributed by atoms with E-state index in [9.17, 15) is 9.59 Å². The maximum Gasteiger partial charge on any atom is 0.350 e. The minimum absolute atomic E-state index is 0.0239. The first-order valence-corrected chi connectivity index (χ1v) is 8.24. The van der Waals surface area contributed by atoms with E-state index in [1.165, 1.54) is 9.08 Å². The topological polar surface area (TPSA) is 68.8 Å². The van der Waals surface area contributed by atoms with Crippen LogP contribution in [-0.4, -0.2) is 44.2 Å². The molecule has 0 spiro atoms. The smallest absolute Gasteiger partial charge is 0.350 e. The maximum atomic E-state index is 12.5. The molecule has 0 saturated carbocycles. The van der Waals surface area contributed by atoms with Crippen LogP contribution in [0.15, 0.2) is 59.5 Å². The van der Waals surface area contributed by atoms with Crippen LogP contribution in [-0.2, 0) is 11.3 Å². The first-order chi connectivity index (χ1) is 12.2. The van der Waals surface area contributed by atoms with Crippen LogP contribution in [0.25, 0.3) is 5.65 Å². The Hall–Kier alpha value is -3.09. The summed E-state index contributed by atoms with van der Waals surface area (Å²) < 4.78 is 8.54. The fourth-order valence-electron chi connectivity index (χ4n) is 3.04. The van der Waals surface area contributed by atoms with Crippen molar-refractivity contribution in [2.24, 2.45) is 0 Å². The van der Waals surface area contributed by atoms with Crippen molar-refractivity contribution in [3.05, 3.63) is 65.2 Å². The quantitative estimate of drug-likeness (QED) is 0.716. The van der Waals surface area contributed by atoms with Gasteiger partial charge in [-0.3, -0.25) is 9.20 Å². The van der Waals surface area contributed by atoms with Crippen molar-refractivity contribution in [2.75, 3.05) is 13.1 Å². The van der Waals surface area contributed by atoms with Crippen LogP contribution in [0.2, 0.25) is 0 Å². The van der Waals surface area contributed by atoms with Crippen LogP contribution in [0, 0.1) is 0 Å². The number of hydrogen-bond acceptors (Lipinski definition) is 4. The van der Waals surface area contributed by atoms with Gasteiger partial charge in [-0.05, 0) is 24.3 Å². The fourth-order valence-corrected chi connectivity index (χ4v) is 3.04. The molecule has 3 heterocycles. The molecule has 1 atom stereocenters. The van der Waals surface area contributed by atoms with Gasteiger partial charge in [0, 0.05) is 19.2 Å². The van der Waals surface area contributed by atoms with E-state index in [-0.39, 0.29) is 24.2 Å². The summed E-state index contributed by atoms with van der Waals surface area (Å²) in [6.45, 7) is 1.09. The summed E-state index contributed by atoms with van der Waals surface area (Å²) in [6, 6.07) is 14.9. The fraction of sp³-hybridized carbons (Fsp3) is 0.278. The number of hydrogen-bond donors (Lipinski definition) is 0. The van der Waals surface area contributed by atoms with Crippen LogP contribution in [0.4, 0.5) is 0 Å². The Morgan fingerprint density at radius 3 is 2.76 bits per heavy atom. The van der Waals surface area contributed by atoms with Gasteiger partial charge in [-0.1, -0.05) is 24.3 Å². The second-order valence-electron chi connectivity index (χ2n) is 6.05. The highest BCUT2D eigenvalue weighted by Gasteiger charge is 2.28. The van der Waals surface area contributed by atoms with Crippen molar-refractivity contribution in [1.82, 2.24) is 19.1 Å². The zero-order chi connectivity index (χ0) is 17.2. The highest BCUT2D eigenvalue weighted by Crippen LogP contribution is 2.18. The maximum absolute atomic E-state index is 12.5. The van der Waals surface area contributed by atoms with Gasteiger partial charge < -0.3 is 9.64 Å². The average Bonchev–Trinajstić information content (AvgIpc) is 3.22.